The highest BCUT2D eigenvalue weighted by Crippen LogP contribution is 2.33. The van der Waals surface area contributed by atoms with Crippen LogP contribution in [0.2, 0.25) is 0 Å². The summed E-state index contributed by atoms with van der Waals surface area (Å²) in [5.74, 6) is 5.31. The Morgan fingerprint density at radius 1 is 1.23 bits per heavy atom. The second-order valence-electron chi connectivity index (χ2n) is 8.88. The molecule has 5 N–H and O–H groups in total. The van der Waals surface area contributed by atoms with E-state index in [1.54, 1.807) is 19.1 Å². The fourth-order valence-electron chi connectivity index (χ4n) is 4.60. The van der Waals surface area contributed by atoms with Gasteiger partial charge in [0, 0.05) is 62.2 Å². The summed E-state index contributed by atoms with van der Waals surface area (Å²) >= 11 is 0. The van der Waals surface area contributed by atoms with Crippen molar-refractivity contribution >= 4 is 0 Å². The van der Waals surface area contributed by atoms with Crippen molar-refractivity contribution in [2.45, 2.75) is 31.7 Å². The minimum Gasteiger partial charge on any atom is -0.382 e. The number of aliphatic hydroxyl groups is 1. The van der Waals surface area contributed by atoms with Crippen molar-refractivity contribution in [3.8, 4) is 17.3 Å². The number of nitrogens with zero attached hydrogens (tertiary/aromatic N) is 5. The molecule has 0 saturated heterocycles. The Morgan fingerprint density at radius 3 is 2.63 bits per heavy atom. The lowest BCUT2D eigenvalue weighted by Gasteiger charge is -2.44. The van der Waals surface area contributed by atoms with Crippen LogP contribution in [0.5, 0.6) is 0 Å². The van der Waals surface area contributed by atoms with Crippen LogP contribution in [0.4, 0.5) is 8.78 Å². The lowest BCUT2D eigenvalue weighted by Crippen LogP contribution is -2.58. The molecule has 8 nitrogen and oxygen atoms in total. The van der Waals surface area contributed by atoms with E-state index in [1.165, 1.54) is 11.1 Å². The zero-order valence-corrected chi connectivity index (χ0v) is 19.5. The zero-order chi connectivity index (χ0) is 25.2. The summed E-state index contributed by atoms with van der Waals surface area (Å²) in [6.07, 6.45) is 1.97. The predicted octanol–water partition coefficient (Wildman–Crippen LogP) is 1.93. The van der Waals surface area contributed by atoms with Crippen LogP contribution in [0.3, 0.4) is 0 Å². The molecule has 0 saturated carbocycles. The SMILES string of the molecule is C[C@@H](N1CCn2cc(-c3ccc(C#N)cc3)nc2C1)[C@](O)(CN(N)CCN)c1ccc(F)cc1F. The van der Waals surface area contributed by atoms with E-state index in [0.29, 0.717) is 31.7 Å². The molecule has 184 valence electrons. The highest BCUT2D eigenvalue weighted by molar-refractivity contribution is 5.60. The van der Waals surface area contributed by atoms with Crippen LogP contribution in [-0.4, -0.2) is 56.8 Å². The van der Waals surface area contributed by atoms with Gasteiger partial charge in [-0.15, -0.1) is 0 Å². The number of fused-ring (bicyclic) bond motifs is 1. The van der Waals surface area contributed by atoms with Gasteiger partial charge in [0.1, 0.15) is 23.1 Å². The normalized spacial score (nSPS) is 16.5. The first-order valence-corrected chi connectivity index (χ1v) is 11.4. The predicted molar refractivity (Wildman–Crippen MR) is 127 cm³/mol. The van der Waals surface area contributed by atoms with Crippen molar-refractivity contribution < 1.29 is 13.9 Å². The van der Waals surface area contributed by atoms with Gasteiger partial charge in [0.15, 0.2) is 0 Å². The van der Waals surface area contributed by atoms with Crippen molar-refractivity contribution in [3.05, 3.63) is 77.2 Å². The molecule has 1 aliphatic rings. The number of rotatable bonds is 8. The minimum absolute atomic E-state index is 0.0222. The number of imidazole rings is 1. The van der Waals surface area contributed by atoms with Gasteiger partial charge in [-0.2, -0.15) is 5.26 Å². The third kappa shape index (κ3) is 5.10. The number of nitrogens with two attached hydrogens (primary N) is 2. The third-order valence-corrected chi connectivity index (χ3v) is 6.64. The molecule has 0 aliphatic carbocycles. The molecule has 0 radical (unpaired) electrons. The third-order valence-electron chi connectivity index (χ3n) is 6.64. The second-order valence-corrected chi connectivity index (χ2v) is 8.88. The molecule has 2 aromatic carbocycles. The van der Waals surface area contributed by atoms with Gasteiger partial charge in [-0.25, -0.2) is 18.8 Å². The molecule has 0 bridgehead atoms. The van der Waals surface area contributed by atoms with E-state index in [1.807, 2.05) is 23.2 Å². The van der Waals surface area contributed by atoms with E-state index in [4.69, 9.17) is 21.8 Å². The number of hydrogen-bond donors (Lipinski definition) is 3. The first-order chi connectivity index (χ1) is 16.7. The second kappa shape index (κ2) is 10.2. The van der Waals surface area contributed by atoms with Crippen molar-refractivity contribution in [2.24, 2.45) is 11.6 Å². The van der Waals surface area contributed by atoms with Crippen LogP contribution in [-0.2, 0) is 18.7 Å². The van der Waals surface area contributed by atoms with E-state index >= 15 is 0 Å². The summed E-state index contributed by atoms with van der Waals surface area (Å²) in [6.45, 7) is 3.92. The van der Waals surface area contributed by atoms with E-state index in [2.05, 4.69) is 10.6 Å². The van der Waals surface area contributed by atoms with Crippen molar-refractivity contribution in [1.29, 1.82) is 5.26 Å². The largest absolute Gasteiger partial charge is 0.382 e. The fraction of sp³-hybridized carbons (Fsp3) is 0.360. The quantitative estimate of drug-likeness (QED) is 0.332. The molecular formula is C25H29F2N7O. The molecule has 1 aromatic heterocycles. The van der Waals surface area contributed by atoms with Gasteiger partial charge < -0.3 is 15.4 Å². The summed E-state index contributed by atoms with van der Waals surface area (Å²) in [7, 11) is 0. The standard InChI is InChI=1S/C25H29F2N7O/c1-17(25(35,16-34(30)9-8-28)21-7-6-20(26)12-22(21)27)32-10-11-33-14-23(31-24(33)15-32)19-4-2-18(13-29)3-5-19/h2-7,12,14,17,35H,8-11,15-16,28,30H2,1H3/t17-,25-/m1/s1. The molecule has 3 aromatic rings. The molecule has 0 amide bonds. The van der Waals surface area contributed by atoms with Gasteiger partial charge in [0.05, 0.1) is 23.9 Å². The number of hydrogen-bond acceptors (Lipinski definition) is 7. The van der Waals surface area contributed by atoms with Crippen molar-refractivity contribution in [2.75, 3.05) is 26.2 Å². The summed E-state index contributed by atoms with van der Waals surface area (Å²) in [4.78, 5) is 6.78. The highest BCUT2D eigenvalue weighted by Gasteiger charge is 2.43. The van der Waals surface area contributed by atoms with Crippen LogP contribution < -0.4 is 11.6 Å². The molecule has 2 atom stereocenters. The lowest BCUT2D eigenvalue weighted by atomic mass is 9.85. The van der Waals surface area contributed by atoms with E-state index in [9.17, 15) is 13.9 Å². The Labute approximate surface area is 203 Å². The average Bonchev–Trinajstić information content (AvgIpc) is 3.27. The van der Waals surface area contributed by atoms with Crippen molar-refractivity contribution in [1.82, 2.24) is 19.5 Å². The Hall–Kier alpha value is -3.20. The van der Waals surface area contributed by atoms with Crippen LogP contribution in [0.25, 0.3) is 11.3 Å². The molecular weight excluding hydrogens is 452 g/mol. The number of nitriles is 1. The molecule has 2 heterocycles. The van der Waals surface area contributed by atoms with Gasteiger partial charge >= 0.3 is 0 Å². The van der Waals surface area contributed by atoms with Gasteiger partial charge in [0.2, 0.25) is 0 Å². The monoisotopic (exact) mass is 481 g/mol. The summed E-state index contributed by atoms with van der Waals surface area (Å²) < 4.78 is 30.5. The molecule has 35 heavy (non-hydrogen) atoms. The lowest BCUT2D eigenvalue weighted by molar-refractivity contribution is -0.0771. The maximum Gasteiger partial charge on any atom is 0.132 e. The van der Waals surface area contributed by atoms with E-state index in [0.717, 1.165) is 29.2 Å². The smallest absolute Gasteiger partial charge is 0.132 e. The van der Waals surface area contributed by atoms with E-state index in [-0.39, 0.29) is 18.7 Å². The van der Waals surface area contributed by atoms with Crippen LogP contribution in [0.1, 0.15) is 23.9 Å². The fourth-order valence-corrected chi connectivity index (χ4v) is 4.60. The number of benzene rings is 2. The summed E-state index contributed by atoms with van der Waals surface area (Å²) in [6, 6.07) is 11.9. The number of hydrazine groups is 1. The zero-order valence-electron chi connectivity index (χ0n) is 19.5. The first kappa shape index (κ1) is 24.9. The Morgan fingerprint density at radius 2 is 1.97 bits per heavy atom. The van der Waals surface area contributed by atoms with Gasteiger partial charge in [-0.1, -0.05) is 18.2 Å². The number of aromatic nitrogens is 2. The maximum absolute atomic E-state index is 14.9. The summed E-state index contributed by atoms with van der Waals surface area (Å²) in [5, 5.41) is 22.2. The Kier molecular flexibility index (Phi) is 7.25. The number of halogens is 2. The molecule has 1 aliphatic heterocycles. The summed E-state index contributed by atoms with van der Waals surface area (Å²) in [5.41, 5.74) is 6.12. The molecule has 0 fully saturated rings. The minimum atomic E-state index is -1.73. The van der Waals surface area contributed by atoms with Gasteiger partial charge in [-0.05, 0) is 25.1 Å². The molecule has 10 heteroatoms. The van der Waals surface area contributed by atoms with Gasteiger partial charge in [-0.3, -0.25) is 10.7 Å². The van der Waals surface area contributed by atoms with Gasteiger partial charge in [0.25, 0.3) is 0 Å². The van der Waals surface area contributed by atoms with Crippen LogP contribution >= 0.6 is 0 Å². The van der Waals surface area contributed by atoms with Crippen molar-refractivity contribution in [3.63, 3.8) is 0 Å². The Balaban J connectivity index is 1.61. The van der Waals surface area contributed by atoms with Crippen LogP contribution in [0.15, 0.2) is 48.7 Å². The van der Waals surface area contributed by atoms with E-state index < -0.39 is 23.3 Å². The maximum atomic E-state index is 14.9. The first-order valence-electron chi connectivity index (χ1n) is 11.4. The highest BCUT2D eigenvalue weighted by atomic mass is 19.1. The Bertz CT molecular complexity index is 1220. The molecule has 4 rings (SSSR count). The average molecular weight is 482 g/mol. The molecule has 0 spiro atoms. The van der Waals surface area contributed by atoms with Crippen LogP contribution in [0, 0.1) is 23.0 Å². The molecule has 0 unspecified atom stereocenters. The topological polar surface area (TPSA) is 120 Å².